The number of carbonyl (C=O) groups is 2. The molecule has 0 radical (unpaired) electrons. The second-order valence-electron chi connectivity index (χ2n) is 6.56. The van der Waals surface area contributed by atoms with Crippen LogP contribution in [-0.2, 0) is 6.42 Å². The number of aromatic nitrogens is 2. The van der Waals surface area contributed by atoms with Crippen LogP contribution >= 0.6 is 11.6 Å². The molecule has 4 rings (SSSR count). The average molecular weight is 415 g/mol. The Morgan fingerprint density at radius 3 is 2.83 bits per heavy atom. The molecule has 0 unspecified atom stereocenters. The highest BCUT2D eigenvalue weighted by Crippen LogP contribution is 2.36. The Labute approximate surface area is 170 Å². The summed E-state index contributed by atoms with van der Waals surface area (Å²) in [5.74, 6) is -1.71. The lowest BCUT2D eigenvalue weighted by molar-refractivity contribution is 0.0698. The number of aromatic amines is 1. The number of H-pyrrole nitrogens is 1. The Bertz CT molecular complexity index is 1100. The van der Waals surface area contributed by atoms with Gasteiger partial charge >= 0.3 is 12.0 Å². The number of halogens is 2. The Morgan fingerprint density at radius 1 is 1.28 bits per heavy atom. The second kappa shape index (κ2) is 7.56. The Balaban J connectivity index is 1.72. The van der Waals surface area contributed by atoms with Gasteiger partial charge in [0.05, 0.1) is 23.3 Å². The monoisotopic (exact) mass is 414 g/mol. The van der Waals surface area contributed by atoms with Crippen LogP contribution in [0.2, 0.25) is 5.02 Å². The largest absolute Gasteiger partial charge is 0.478 e. The Morgan fingerprint density at radius 2 is 2.07 bits per heavy atom. The first kappa shape index (κ1) is 18.9. The first-order valence-corrected chi connectivity index (χ1v) is 9.20. The van der Waals surface area contributed by atoms with Crippen molar-refractivity contribution in [1.29, 1.82) is 0 Å². The van der Waals surface area contributed by atoms with Crippen LogP contribution in [0.1, 0.15) is 33.4 Å². The number of anilines is 1. The number of aromatic carboxylic acids is 1. The lowest BCUT2D eigenvalue weighted by Gasteiger charge is -2.35. The molecule has 148 valence electrons. The molecule has 2 amide bonds. The quantitative estimate of drug-likeness (QED) is 0.601. The van der Waals surface area contributed by atoms with Crippen molar-refractivity contribution in [3.63, 3.8) is 0 Å². The molecule has 1 atom stereocenters. The van der Waals surface area contributed by atoms with Gasteiger partial charge in [-0.15, -0.1) is 0 Å². The molecule has 0 saturated carbocycles. The van der Waals surface area contributed by atoms with E-state index in [-0.39, 0.29) is 21.8 Å². The third-order valence-corrected chi connectivity index (χ3v) is 5.08. The van der Waals surface area contributed by atoms with Gasteiger partial charge in [0.1, 0.15) is 11.9 Å². The van der Waals surface area contributed by atoms with Gasteiger partial charge in [0.25, 0.3) is 0 Å². The molecule has 0 spiro atoms. The van der Waals surface area contributed by atoms with E-state index in [0.717, 1.165) is 5.69 Å². The number of fused-ring (bicyclic) bond motifs is 1. The van der Waals surface area contributed by atoms with Crippen molar-refractivity contribution in [3.8, 4) is 0 Å². The van der Waals surface area contributed by atoms with Crippen molar-refractivity contribution < 1.29 is 19.1 Å². The van der Waals surface area contributed by atoms with E-state index >= 15 is 0 Å². The SMILES string of the molecule is O=C(O)c1ccccc1NC(=O)N1CCc2[nH]cnc2[C@H]1c1ccc(Cl)cc1F. The molecule has 7 nitrogen and oxygen atoms in total. The lowest BCUT2D eigenvalue weighted by atomic mass is 9.95. The van der Waals surface area contributed by atoms with E-state index in [1.165, 1.54) is 35.5 Å². The molecular formula is C20H16ClFN4O3. The average Bonchev–Trinajstić information content (AvgIpc) is 3.16. The van der Waals surface area contributed by atoms with Crippen molar-refractivity contribution in [2.75, 3.05) is 11.9 Å². The molecule has 2 aromatic carbocycles. The van der Waals surface area contributed by atoms with Gasteiger partial charge < -0.3 is 20.3 Å². The molecule has 3 N–H and O–H groups in total. The third-order valence-electron chi connectivity index (χ3n) is 4.84. The second-order valence-corrected chi connectivity index (χ2v) is 7.00. The summed E-state index contributed by atoms with van der Waals surface area (Å²) in [5.41, 5.74) is 1.74. The Kier molecular flexibility index (Phi) is 4.94. The van der Waals surface area contributed by atoms with E-state index in [1.54, 1.807) is 18.2 Å². The highest BCUT2D eigenvalue weighted by Gasteiger charge is 2.36. The Hall–Kier alpha value is -3.39. The molecule has 1 aliphatic rings. The van der Waals surface area contributed by atoms with Crippen LogP contribution in [0.25, 0.3) is 0 Å². The summed E-state index contributed by atoms with van der Waals surface area (Å²) in [6.45, 7) is 0.295. The maximum atomic E-state index is 14.7. The number of hydrogen-bond donors (Lipinski definition) is 3. The molecule has 9 heteroatoms. The fourth-order valence-corrected chi connectivity index (χ4v) is 3.66. The zero-order valence-electron chi connectivity index (χ0n) is 15.0. The first-order valence-electron chi connectivity index (χ1n) is 8.82. The number of urea groups is 1. The summed E-state index contributed by atoms with van der Waals surface area (Å²) in [6, 6.07) is 9.04. The molecule has 29 heavy (non-hydrogen) atoms. The number of carboxylic acid groups (broad SMARTS) is 1. The van der Waals surface area contributed by atoms with Gasteiger partial charge in [-0.1, -0.05) is 29.8 Å². The van der Waals surface area contributed by atoms with Crippen LogP contribution in [-0.4, -0.2) is 38.5 Å². The van der Waals surface area contributed by atoms with Crippen molar-refractivity contribution in [2.24, 2.45) is 0 Å². The summed E-state index contributed by atoms with van der Waals surface area (Å²) in [5, 5.41) is 12.2. The highest BCUT2D eigenvalue weighted by molar-refractivity contribution is 6.30. The predicted molar refractivity (Wildman–Crippen MR) is 105 cm³/mol. The lowest BCUT2D eigenvalue weighted by Crippen LogP contribution is -2.43. The fraction of sp³-hybridized carbons (Fsp3) is 0.150. The minimum atomic E-state index is -1.16. The summed E-state index contributed by atoms with van der Waals surface area (Å²) in [6.07, 6.45) is 2.02. The first-order chi connectivity index (χ1) is 14.0. The maximum absolute atomic E-state index is 14.7. The van der Waals surface area contributed by atoms with Crippen LogP contribution in [0, 0.1) is 5.82 Å². The van der Waals surface area contributed by atoms with Crippen molar-refractivity contribution in [2.45, 2.75) is 12.5 Å². The maximum Gasteiger partial charge on any atom is 0.337 e. The number of para-hydroxylation sites is 1. The number of carbonyl (C=O) groups excluding carboxylic acids is 1. The minimum Gasteiger partial charge on any atom is -0.478 e. The zero-order chi connectivity index (χ0) is 20.5. The summed E-state index contributed by atoms with van der Waals surface area (Å²) in [7, 11) is 0. The van der Waals surface area contributed by atoms with E-state index in [1.807, 2.05) is 0 Å². The van der Waals surface area contributed by atoms with Crippen LogP contribution < -0.4 is 5.32 Å². The van der Waals surface area contributed by atoms with Gasteiger partial charge in [0.15, 0.2) is 0 Å². The van der Waals surface area contributed by atoms with E-state index in [4.69, 9.17) is 11.6 Å². The van der Waals surface area contributed by atoms with Crippen LogP contribution in [0.15, 0.2) is 48.8 Å². The van der Waals surface area contributed by atoms with Gasteiger partial charge in [-0.2, -0.15) is 0 Å². The van der Waals surface area contributed by atoms with Gasteiger partial charge in [0.2, 0.25) is 0 Å². The number of benzene rings is 2. The number of hydrogen-bond acceptors (Lipinski definition) is 3. The van der Waals surface area contributed by atoms with Crippen molar-refractivity contribution in [1.82, 2.24) is 14.9 Å². The van der Waals surface area contributed by atoms with Crippen LogP contribution in [0.3, 0.4) is 0 Å². The van der Waals surface area contributed by atoms with E-state index in [9.17, 15) is 19.1 Å². The number of imidazole rings is 1. The standard InChI is InChI=1S/C20H16ClFN4O3/c21-11-5-6-12(14(22)9-11)18-17-16(23-10-24-17)7-8-26(18)20(29)25-15-4-2-1-3-13(15)19(27)28/h1-6,9-10,18H,7-8H2,(H,23,24)(H,25,29)(H,27,28)/t18-/m1/s1. The van der Waals surface area contributed by atoms with Crippen molar-refractivity contribution >= 4 is 29.3 Å². The van der Waals surface area contributed by atoms with Crippen LogP contribution in [0.4, 0.5) is 14.9 Å². The fourth-order valence-electron chi connectivity index (χ4n) is 3.50. The number of nitrogens with one attached hydrogen (secondary N) is 2. The van der Waals surface area contributed by atoms with Gasteiger partial charge in [0, 0.05) is 29.2 Å². The summed E-state index contributed by atoms with van der Waals surface area (Å²) in [4.78, 5) is 33.3. The summed E-state index contributed by atoms with van der Waals surface area (Å²) >= 11 is 5.88. The smallest absolute Gasteiger partial charge is 0.337 e. The molecular weight excluding hydrogens is 399 g/mol. The number of nitrogens with zero attached hydrogens (tertiary/aromatic N) is 2. The van der Waals surface area contributed by atoms with Crippen LogP contribution in [0.5, 0.6) is 0 Å². The molecule has 2 heterocycles. The molecule has 0 fully saturated rings. The predicted octanol–water partition coefficient (Wildman–Crippen LogP) is 4.08. The molecule has 0 saturated heterocycles. The molecule has 1 aliphatic heterocycles. The number of carboxylic acids is 1. The molecule has 0 aliphatic carbocycles. The van der Waals surface area contributed by atoms with E-state index in [0.29, 0.717) is 18.7 Å². The number of rotatable bonds is 3. The molecule has 3 aromatic rings. The zero-order valence-corrected chi connectivity index (χ0v) is 15.8. The van der Waals surface area contributed by atoms with Gasteiger partial charge in [-0.3, -0.25) is 0 Å². The highest BCUT2D eigenvalue weighted by atomic mass is 35.5. The molecule has 1 aromatic heterocycles. The van der Waals surface area contributed by atoms with E-state index < -0.39 is 23.9 Å². The number of amides is 2. The van der Waals surface area contributed by atoms with Crippen molar-refractivity contribution in [3.05, 3.63) is 82.1 Å². The van der Waals surface area contributed by atoms with Gasteiger partial charge in [-0.25, -0.2) is 19.0 Å². The summed E-state index contributed by atoms with van der Waals surface area (Å²) < 4.78 is 14.7. The molecule has 0 bridgehead atoms. The van der Waals surface area contributed by atoms with E-state index in [2.05, 4.69) is 15.3 Å². The minimum absolute atomic E-state index is 0.0347. The normalized spacial score (nSPS) is 15.7. The third kappa shape index (κ3) is 3.54. The van der Waals surface area contributed by atoms with Gasteiger partial charge in [-0.05, 0) is 24.3 Å². The topological polar surface area (TPSA) is 98.3 Å².